The van der Waals surface area contributed by atoms with Gasteiger partial charge in [-0.2, -0.15) is 0 Å². The Morgan fingerprint density at radius 1 is 1.26 bits per heavy atom. The normalized spacial score (nSPS) is 21.0. The van der Waals surface area contributed by atoms with Crippen LogP contribution in [-0.2, 0) is 0 Å². The number of rotatable bonds is 8. The summed E-state index contributed by atoms with van der Waals surface area (Å²) in [7, 11) is 0. The molecule has 1 fully saturated rings. The number of thiophene rings is 1. The lowest BCUT2D eigenvalue weighted by Gasteiger charge is -2.47. The molecule has 6 heteroatoms. The summed E-state index contributed by atoms with van der Waals surface area (Å²) in [5, 5.41) is 12.2. The maximum absolute atomic E-state index is 12.9. The van der Waals surface area contributed by atoms with Gasteiger partial charge in [0, 0.05) is 55.1 Å². The SMILES string of the molecule is C=CCN1C[C@H](C)N([C@H](c2cccc(O)c2)c2cc(C(=O)N(CC)CC)cs2)C[C@H]1C. The number of nitrogens with zero attached hydrogens (tertiary/aromatic N) is 3. The van der Waals surface area contributed by atoms with Gasteiger partial charge in [-0.15, -0.1) is 17.9 Å². The highest BCUT2D eigenvalue weighted by Gasteiger charge is 2.35. The number of benzene rings is 1. The number of hydrogen-bond acceptors (Lipinski definition) is 5. The average molecular weight is 442 g/mol. The molecule has 3 atom stereocenters. The largest absolute Gasteiger partial charge is 0.508 e. The second-order valence-corrected chi connectivity index (χ2v) is 9.29. The summed E-state index contributed by atoms with van der Waals surface area (Å²) in [6.45, 7) is 16.6. The maximum atomic E-state index is 12.9. The zero-order valence-electron chi connectivity index (χ0n) is 19.1. The topological polar surface area (TPSA) is 47.0 Å². The first-order valence-corrected chi connectivity index (χ1v) is 12.0. The van der Waals surface area contributed by atoms with Crippen LogP contribution in [0.15, 0.2) is 48.4 Å². The molecule has 0 spiro atoms. The van der Waals surface area contributed by atoms with Crippen molar-refractivity contribution in [1.29, 1.82) is 0 Å². The summed E-state index contributed by atoms with van der Waals surface area (Å²) >= 11 is 1.63. The summed E-state index contributed by atoms with van der Waals surface area (Å²) in [6.07, 6.45) is 1.97. The Morgan fingerprint density at radius 3 is 2.65 bits per heavy atom. The standard InChI is InChI=1S/C25H35N3O2S/c1-6-12-27-15-19(5)28(16-18(27)4)24(20-10-9-11-22(29)13-20)23-14-21(17-31-23)25(30)26(7-2)8-3/h6,9-11,13-14,17-19,24,29H,1,7-8,12,15-16H2,2-5H3/t18-,19+,24-/m1/s1. The fraction of sp³-hybridized carbons (Fsp3) is 0.480. The third-order valence-corrected chi connectivity index (χ3v) is 7.22. The van der Waals surface area contributed by atoms with E-state index < -0.39 is 0 Å². The van der Waals surface area contributed by atoms with Crippen molar-refractivity contribution >= 4 is 17.2 Å². The molecule has 1 N–H and O–H groups in total. The minimum atomic E-state index is -0.00122. The average Bonchev–Trinajstić information content (AvgIpc) is 3.22. The third kappa shape index (κ3) is 5.20. The van der Waals surface area contributed by atoms with Crippen LogP contribution >= 0.6 is 11.3 Å². The van der Waals surface area contributed by atoms with Crippen molar-refractivity contribution in [3.05, 3.63) is 64.4 Å². The number of carbonyl (C=O) groups excluding carboxylic acids is 1. The highest BCUT2D eigenvalue weighted by Crippen LogP contribution is 2.37. The van der Waals surface area contributed by atoms with Crippen LogP contribution in [0.25, 0.3) is 0 Å². The highest BCUT2D eigenvalue weighted by molar-refractivity contribution is 7.10. The van der Waals surface area contributed by atoms with E-state index in [0.29, 0.717) is 25.2 Å². The molecule has 1 aliphatic heterocycles. The van der Waals surface area contributed by atoms with Gasteiger partial charge in [-0.3, -0.25) is 14.6 Å². The molecule has 0 bridgehead atoms. The molecule has 5 nitrogen and oxygen atoms in total. The first-order chi connectivity index (χ1) is 14.9. The zero-order valence-corrected chi connectivity index (χ0v) is 19.9. The number of aromatic hydroxyl groups is 1. The minimum absolute atomic E-state index is 0.00122. The van der Waals surface area contributed by atoms with Gasteiger partial charge in [0.25, 0.3) is 5.91 Å². The van der Waals surface area contributed by atoms with Crippen LogP contribution in [0.5, 0.6) is 5.75 Å². The van der Waals surface area contributed by atoms with Crippen LogP contribution in [-0.4, -0.2) is 70.5 Å². The fourth-order valence-corrected chi connectivity index (χ4v) is 5.55. The van der Waals surface area contributed by atoms with Gasteiger partial charge in [0.1, 0.15) is 5.75 Å². The van der Waals surface area contributed by atoms with Crippen molar-refractivity contribution in [3.8, 4) is 5.75 Å². The highest BCUT2D eigenvalue weighted by atomic mass is 32.1. The molecule has 2 heterocycles. The van der Waals surface area contributed by atoms with Gasteiger partial charge in [-0.1, -0.05) is 18.2 Å². The van der Waals surface area contributed by atoms with E-state index in [9.17, 15) is 9.90 Å². The molecule has 3 rings (SSSR count). The third-order valence-electron chi connectivity index (χ3n) is 6.23. The molecule has 1 aromatic heterocycles. The molecule has 1 aliphatic rings. The lowest BCUT2D eigenvalue weighted by atomic mass is 9.97. The Kier molecular flexibility index (Phi) is 7.92. The first kappa shape index (κ1) is 23.5. The molecule has 0 radical (unpaired) electrons. The molecule has 168 valence electrons. The van der Waals surface area contributed by atoms with E-state index in [1.165, 1.54) is 0 Å². The van der Waals surface area contributed by atoms with Gasteiger partial charge < -0.3 is 10.0 Å². The van der Waals surface area contributed by atoms with E-state index >= 15 is 0 Å². The molecule has 0 unspecified atom stereocenters. The van der Waals surface area contributed by atoms with Crippen molar-refractivity contribution in [3.63, 3.8) is 0 Å². The van der Waals surface area contributed by atoms with E-state index in [2.05, 4.69) is 36.3 Å². The molecular weight excluding hydrogens is 406 g/mol. The molecule has 2 aromatic rings. The number of phenols is 1. The van der Waals surface area contributed by atoms with Crippen LogP contribution in [0, 0.1) is 0 Å². The fourth-order valence-electron chi connectivity index (χ4n) is 4.52. The second kappa shape index (κ2) is 10.4. The van der Waals surface area contributed by atoms with E-state index in [0.717, 1.165) is 35.6 Å². The van der Waals surface area contributed by atoms with E-state index in [4.69, 9.17) is 0 Å². The lowest BCUT2D eigenvalue weighted by Crippen LogP contribution is -2.57. The van der Waals surface area contributed by atoms with Crippen LogP contribution in [0.1, 0.15) is 54.5 Å². The molecule has 1 saturated heterocycles. The van der Waals surface area contributed by atoms with Crippen molar-refractivity contribution in [2.75, 3.05) is 32.7 Å². The summed E-state index contributed by atoms with van der Waals surface area (Å²) in [5.74, 6) is 0.351. The van der Waals surface area contributed by atoms with Crippen LogP contribution in [0.2, 0.25) is 0 Å². The second-order valence-electron chi connectivity index (χ2n) is 8.35. The van der Waals surface area contributed by atoms with Gasteiger partial charge in [0.2, 0.25) is 0 Å². The monoisotopic (exact) mass is 441 g/mol. The van der Waals surface area contributed by atoms with E-state index in [1.54, 1.807) is 17.4 Å². The number of amides is 1. The predicted octanol–water partition coefficient (Wildman–Crippen LogP) is 4.61. The Balaban J connectivity index is 1.97. The summed E-state index contributed by atoms with van der Waals surface area (Å²) in [4.78, 5) is 20.9. The van der Waals surface area contributed by atoms with Crippen molar-refractivity contribution < 1.29 is 9.90 Å². The maximum Gasteiger partial charge on any atom is 0.254 e. The molecular formula is C25H35N3O2S. The number of carbonyl (C=O) groups is 1. The van der Waals surface area contributed by atoms with Gasteiger partial charge in [-0.05, 0) is 51.5 Å². The van der Waals surface area contributed by atoms with Crippen LogP contribution in [0.4, 0.5) is 0 Å². The first-order valence-electron chi connectivity index (χ1n) is 11.2. The quantitative estimate of drug-likeness (QED) is 0.608. The zero-order chi connectivity index (χ0) is 22.5. The summed E-state index contributed by atoms with van der Waals surface area (Å²) in [6, 6.07) is 10.3. The van der Waals surface area contributed by atoms with Crippen molar-refractivity contribution in [2.45, 2.75) is 45.8 Å². The number of hydrogen-bond donors (Lipinski definition) is 1. The lowest BCUT2D eigenvalue weighted by molar-refractivity contribution is 0.0314. The molecule has 0 saturated carbocycles. The van der Waals surface area contributed by atoms with E-state index in [1.807, 2.05) is 48.4 Å². The Bertz CT molecular complexity index is 892. The van der Waals surface area contributed by atoms with Gasteiger partial charge in [-0.25, -0.2) is 0 Å². The summed E-state index contributed by atoms with van der Waals surface area (Å²) in [5.41, 5.74) is 1.81. The van der Waals surface area contributed by atoms with Gasteiger partial charge >= 0.3 is 0 Å². The number of phenolic OH excluding ortho intramolecular Hbond substituents is 1. The van der Waals surface area contributed by atoms with Crippen molar-refractivity contribution in [2.24, 2.45) is 0 Å². The Labute approximate surface area is 190 Å². The van der Waals surface area contributed by atoms with Gasteiger partial charge in [0.05, 0.1) is 11.6 Å². The minimum Gasteiger partial charge on any atom is -0.508 e. The van der Waals surface area contributed by atoms with Crippen LogP contribution < -0.4 is 0 Å². The predicted molar refractivity (Wildman–Crippen MR) is 129 cm³/mol. The molecule has 1 amide bonds. The molecule has 1 aromatic carbocycles. The smallest absolute Gasteiger partial charge is 0.254 e. The van der Waals surface area contributed by atoms with Crippen molar-refractivity contribution in [1.82, 2.24) is 14.7 Å². The van der Waals surface area contributed by atoms with Gasteiger partial charge in [0.15, 0.2) is 0 Å². The Hall–Kier alpha value is -2.15. The number of piperazine rings is 1. The van der Waals surface area contributed by atoms with Crippen LogP contribution in [0.3, 0.4) is 0 Å². The Morgan fingerprint density at radius 2 is 2.00 bits per heavy atom. The molecule has 0 aliphatic carbocycles. The molecule has 31 heavy (non-hydrogen) atoms. The summed E-state index contributed by atoms with van der Waals surface area (Å²) < 4.78 is 0. The van der Waals surface area contributed by atoms with E-state index in [-0.39, 0.29) is 17.7 Å².